The number of halogens is 2. The molecule has 0 bridgehead atoms. The largest absolute Gasteiger partial charge is 0.310 e. The van der Waals surface area contributed by atoms with E-state index in [1.54, 1.807) is 24.3 Å². The highest BCUT2D eigenvalue weighted by Crippen LogP contribution is 2.60. The SMILES string of the molecule is C=Cc1ccc(-c2ccc(C3(c4ccc(F)cc4)c4ccccc4-c4ccc(N(c5ccccc5)c5ccc6c(c5)-c5cc(N(c7ccccc7)c7ccc8c(c7)C(c7ccc(F)cc7)(c7ccc(-c9ccc(C=C)cc9)cc7)c7ccccc7-8)ccc5[Si]6(c5ccccc5)c5ccccc5)cc43)cc2)cc1. The molecule has 2 nitrogen and oxygen atoms in total. The number of benzene rings is 16. The Balaban J connectivity index is 0.812. The number of hydrogen-bond acceptors (Lipinski definition) is 2. The second-order valence-electron chi connectivity index (χ2n) is 28.2. The molecule has 2 atom stereocenters. The third kappa shape index (κ3) is 10.2. The van der Waals surface area contributed by atoms with Gasteiger partial charge in [0.05, 0.1) is 10.8 Å². The molecule has 0 fully saturated rings. The Kier molecular flexibility index (Phi) is 15.8. The molecule has 2 unspecified atom stereocenters. The van der Waals surface area contributed by atoms with Crippen molar-refractivity contribution in [1.29, 1.82) is 0 Å². The summed E-state index contributed by atoms with van der Waals surface area (Å²) in [6, 6.07) is 139. The highest BCUT2D eigenvalue weighted by molar-refractivity contribution is 7.22. The molecule has 1 aliphatic heterocycles. The van der Waals surface area contributed by atoms with Gasteiger partial charge in [-0.25, -0.2) is 8.78 Å². The van der Waals surface area contributed by atoms with Crippen molar-refractivity contribution in [3.63, 3.8) is 0 Å². The van der Waals surface area contributed by atoms with Crippen LogP contribution in [0.2, 0.25) is 0 Å². The minimum absolute atomic E-state index is 0.285. The molecule has 0 spiro atoms. The fourth-order valence-electron chi connectivity index (χ4n) is 18.0. The van der Waals surface area contributed by atoms with Crippen LogP contribution < -0.4 is 30.5 Å². The highest BCUT2D eigenvalue weighted by Gasteiger charge is 2.51. The van der Waals surface area contributed by atoms with E-state index in [2.05, 4.69) is 363 Å². The number of hydrogen-bond donors (Lipinski definition) is 0. The van der Waals surface area contributed by atoms with Crippen molar-refractivity contribution in [1.82, 2.24) is 0 Å². The molecule has 506 valence electrons. The van der Waals surface area contributed by atoms with Gasteiger partial charge < -0.3 is 9.80 Å². The summed E-state index contributed by atoms with van der Waals surface area (Å²) in [5, 5.41) is 5.22. The molecule has 0 aromatic heterocycles. The first-order valence-corrected chi connectivity index (χ1v) is 38.5. The van der Waals surface area contributed by atoms with Crippen molar-refractivity contribution in [3.05, 3.63) is 469 Å². The van der Waals surface area contributed by atoms with Gasteiger partial charge in [0.25, 0.3) is 0 Å². The topological polar surface area (TPSA) is 6.48 Å². The van der Waals surface area contributed by atoms with Gasteiger partial charge in [0.15, 0.2) is 8.07 Å². The zero-order valence-corrected chi connectivity index (χ0v) is 59.7. The Morgan fingerprint density at radius 2 is 0.533 bits per heavy atom. The zero-order valence-electron chi connectivity index (χ0n) is 58.7. The highest BCUT2D eigenvalue weighted by atomic mass is 28.3. The van der Waals surface area contributed by atoms with E-state index >= 15 is 8.78 Å². The smallest absolute Gasteiger partial charge is 0.180 e. The third-order valence-electron chi connectivity index (χ3n) is 22.8. The molecule has 2 aliphatic carbocycles. The summed E-state index contributed by atoms with van der Waals surface area (Å²) in [4.78, 5) is 4.84. The van der Waals surface area contributed by atoms with Gasteiger partial charge >= 0.3 is 0 Å². The van der Waals surface area contributed by atoms with E-state index in [-0.39, 0.29) is 11.6 Å². The minimum atomic E-state index is -3.11. The van der Waals surface area contributed by atoms with Gasteiger partial charge in [-0.05, 0) is 229 Å². The van der Waals surface area contributed by atoms with Gasteiger partial charge in [-0.2, -0.15) is 0 Å². The standard InChI is InChI=1S/C102H70F2N2Si/c1-3-69-33-37-71(38-34-69)73-41-45-75(46-42-73)101(77-49-53-79(103)54-50-77)95-31-19-17-29-89(95)91-61-57-85(67-97(91)101)105(81-21-9-5-10-22-81)83-59-63-99-93(65-83)94-66-84(60-64-100(94)107(99,87-25-13-7-14-26-87)88-27-15-8-16-28-88)106(82-23-11-6-12-24-82)86-58-62-92-90-30-18-20-32-96(90)102(98(92)68-86,78-51-55-80(104)56-52-78)76-47-43-74(44-48-76)72-39-35-70(4-2)36-40-72/h3-68H,1-2H2. The van der Waals surface area contributed by atoms with E-state index < -0.39 is 18.9 Å². The average Bonchev–Trinajstić information content (AvgIpc) is 1.55. The summed E-state index contributed by atoms with van der Waals surface area (Å²) >= 11 is 0. The quantitative estimate of drug-likeness (QED) is 0.0890. The average molecular weight is 1390 g/mol. The lowest BCUT2D eigenvalue weighted by Crippen LogP contribution is -2.72. The lowest BCUT2D eigenvalue weighted by molar-refractivity contribution is 0.624. The van der Waals surface area contributed by atoms with E-state index in [1.165, 1.54) is 31.9 Å². The van der Waals surface area contributed by atoms with Crippen LogP contribution in [0.25, 0.3) is 67.8 Å². The Bertz CT molecular complexity index is 5710. The van der Waals surface area contributed by atoms with Crippen LogP contribution >= 0.6 is 0 Å². The van der Waals surface area contributed by atoms with E-state index in [9.17, 15) is 0 Å². The van der Waals surface area contributed by atoms with Crippen LogP contribution in [-0.4, -0.2) is 8.07 Å². The van der Waals surface area contributed by atoms with Crippen molar-refractivity contribution >= 4 is 75.1 Å². The van der Waals surface area contributed by atoms with Crippen LogP contribution in [0, 0.1) is 11.6 Å². The molecule has 3 aliphatic rings. The number of rotatable bonds is 16. The summed E-state index contributed by atoms with van der Waals surface area (Å²) in [6.45, 7) is 7.99. The van der Waals surface area contributed by atoms with Gasteiger partial charge in [-0.3, -0.25) is 0 Å². The lowest BCUT2D eigenvalue weighted by atomic mass is 9.67. The maximum atomic E-state index is 15.4. The van der Waals surface area contributed by atoms with Crippen molar-refractivity contribution in [2.45, 2.75) is 10.8 Å². The van der Waals surface area contributed by atoms with Gasteiger partial charge in [0.1, 0.15) is 11.6 Å². The molecular formula is C102H70F2N2Si. The zero-order chi connectivity index (χ0) is 71.8. The number of nitrogens with zero attached hydrogens (tertiary/aromatic N) is 2. The normalized spacial score (nSPS) is 15.2. The first kappa shape index (κ1) is 64.5. The first-order chi connectivity index (χ1) is 52.7. The first-order valence-electron chi connectivity index (χ1n) is 36.5. The molecular weight excluding hydrogens is 1320 g/mol. The summed E-state index contributed by atoms with van der Waals surface area (Å²) in [5.74, 6) is -0.570. The summed E-state index contributed by atoms with van der Waals surface area (Å²) in [5.41, 5.74) is 26.3. The third-order valence-corrected chi connectivity index (χ3v) is 27.7. The number of fused-ring (bicyclic) bond motifs is 9. The predicted molar refractivity (Wildman–Crippen MR) is 444 cm³/mol. The fourth-order valence-corrected chi connectivity index (χ4v) is 23.2. The van der Waals surface area contributed by atoms with Crippen molar-refractivity contribution in [2.24, 2.45) is 0 Å². The number of anilines is 6. The minimum Gasteiger partial charge on any atom is -0.310 e. The van der Waals surface area contributed by atoms with Gasteiger partial charge in [-0.1, -0.05) is 316 Å². The van der Waals surface area contributed by atoms with E-state index in [0.717, 1.165) is 134 Å². The van der Waals surface area contributed by atoms with Crippen molar-refractivity contribution in [2.75, 3.05) is 9.80 Å². The van der Waals surface area contributed by atoms with Crippen LogP contribution in [0.4, 0.5) is 42.9 Å². The van der Waals surface area contributed by atoms with Crippen LogP contribution in [0.3, 0.4) is 0 Å². The van der Waals surface area contributed by atoms with Gasteiger partial charge in [0.2, 0.25) is 0 Å². The predicted octanol–water partition coefficient (Wildman–Crippen LogP) is 23.6. The Hall–Kier alpha value is -13.3. The van der Waals surface area contributed by atoms with Crippen molar-refractivity contribution in [3.8, 4) is 55.6 Å². The van der Waals surface area contributed by atoms with Crippen LogP contribution in [0.1, 0.15) is 55.6 Å². The Labute approximate surface area is 624 Å². The molecule has 16 aromatic rings. The molecule has 16 aromatic carbocycles. The molecule has 107 heavy (non-hydrogen) atoms. The van der Waals surface area contributed by atoms with E-state index in [0.29, 0.717) is 0 Å². The Morgan fingerprint density at radius 1 is 0.243 bits per heavy atom. The second-order valence-corrected chi connectivity index (χ2v) is 31.9. The molecule has 5 heteroatoms. The van der Waals surface area contributed by atoms with E-state index in [4.69, 9.17) is 0 Å². The molecule has 1 heterocycles. The molecule has 0 saturated heterocycles. The molecule has 19 rings (SSSR count). The van der Waals surface area contributed by atoms with Crippen LogP contribution in [-0.2, 0) is 10.8 Å². The van der Waals surface area contributed by atoms with Crippen LogP contribution in [0.15, 0.2) is 401 Å². The number of para-hydroxylation sites is 2. The summed E-state index contributed by atoms with van der Waals surface area (Å²) < 4.78 is 30.9. The van der Waals surface area contributed by atoms with Gasteiger partial charge in [0, 0.05) is 34.1 Å². The fraction of sp³-hybridized carbons (Fsp3) is 0.0196. The van der Waals surface area contributed by atoms with Crippen LogP contribution in [0.5, 0.6) is 0 Å². The van der Waals surface area contributed by atoms with Gasteiger partial charge in [-0.15, -0.1) is 0 Å². The monoisotopic (exact) mass is 1390 g/mol. The maximum Gasteiger partial charge on any atom is 0.180 e. The maximum absolute atomic E-state index is 15.4. The summed E-state index contributed by atoms with van der Waals surface area (Å²) in [6.07, 6.45) is 3.74. The van der Waals surface area contributed by atoms with E-state index in [1.807, 2.05) is 36.4 Å². The molecule has 0 radical (unpaired) electrons. The second kappa shape index (κ2) is 26.1. The Morgan fingerprint density at radius 3 is 0.888 bits per heavy atom. The molecule has 0 saturated carbocycles. The molecule has 0 amide bonds. The van der Waals surface area contributed by atoms with Crippen molar-refractivity contribution < 1.29 is 8.78 Å². The summed E-state index contributed by atoms with van der Waals surface area (Å²) in [7, 11) is -3.11. The lowest BCUT2D eigenvalue weighted by Gasteiger charge is -2.35. The molecule has 0 N–H and O–H groups in total.